The molecule has 0 N–H and O–H groups in total. The van der Waals surface area contributed by atoms with Gasteiger partial charge in [0.15, 0.2) is 5.82 Å². The Balaban J connectivity index is 0. The van der Waals surface area contributed by atoms with E-state index in [1.165, 1.54) is 6.33 Å². The van der Waals surface area contributed by atoms with E-state index >= 15 is 0 Å². The molecule has 1 heterocycles. The summed E-state index contributed by atoms with van der Waals surface area (Å²) in [7, 11) is 0. The van der Waals surface area contributed by atoms with Crippen LogP contribution < -0.4 is 0 Å². The van der Waals surface area contributed by atoms with E-state index in [0.29, 0.717) is 0 Å². The fourth-order valence-electron chi connectivity index (χ4n) is 0.281. The topological polar surface area (TPSA) is 25.8 Å². The van der Waals surface area contributed by atoms with Gasteiger partial charge in [-0.2, -0.15) is 0 Å². The molecule has 0 aliphatic carbocycles. The van der Waals surface area contributed by atoms with Gasteiger partial charge in [0.25, 0.3) is 0 Å². The minimum Gasteiger partial charge on any atom is -0.242 e. The van der Waals surface area contributed by atoms with Gasteiger partial charge < -0.3 is 0 Å². The van der Waals surface area contributed by atoms with E-state index in [1.807, 2.05) is 27.7 Å². The molecule has 11 heavy (non-hydrogen) atoms. The predicted octanol–water partition coefficient (Wildman–Crippen LogP) is 2.67. The summed E-state index contributed by atoms with van der Waals surface area (Å²) in [6.07, 6.45) is 3.49. The van der Waals surface area contributed by atoms with E-state index in [0.717, 1.165) is 12.4 Å². The Hall–Kier alpha value is -0.990. The van der Waals surface area contributed by atoms with Crippen molar-refractivity contribution < 1.29 is 4.39 Å². The molecule has 1 rings (SSSR count). The molecule has 0 saturated carbocycles. The molecule has 0 aliphatic heterocycles. The summed E-state index contributed by atoms with van der Waals surface area (Å²) in [5.74, 6) is -0.400. The molecule has 1 aromatic heterocycles. The predicted molar refractivity (Wildman–Crippen MR) is 44.7 cm³/mol. The largest absolute Gasteiger partial charge is 0.242 e. The molecule has 0 bridgehead atoms. The molecule has 0 atom stereocenters. The summed E-state index contributed by atoms with van der Waals surface area (Å²) in [4.78, 5) is 6.80. The molecule has 0 spiro atoms. The lowest BCUT2D eigenvalue weighted by atomic mass is 10.7. The second-order valence-electron chi connectivity index (χ2n) is 1.06. The Morgan fingerprint density at radius 2 is 1.36 bits per heavy atom. The van der Waals surface area contributed by atoms with Gasteiger partial charge in [-0.05, 0) is 0 Å². The van der Waals surface area contributed by atoms with Crippen LogP contribution in [0.5, 0.6) is 0 Å². The van der Waals surface area contributed by atoms with Crippen molar-refractivity contribution in [2.75, 3.05) is 0 Å². The van der Waals surface area contributed by atoms with Crippen LogP contribution in [0.25, 0.3) is 0 Å². The Kier molecular flexibility index (Phi) is 13.5. The number of aromatic nitrogens is 2. The summed E-state index contributed by atoms with van der Waals surface area (Å²) in [6, 6.07) is 0. The van der Waals surface area contributed by atoms with Crippen LogP contribution in [-0.2, 0) is 0 Å². The van der Waals surface area contributed by atoms with Crippen molar-refractivity contribution in [3.8, 4) is 0 Å². The van der Waals surface area contributed by atoms with E-state index in [2.05, 4.69) is 9.97 Å². The van der Waals surface area contributed by atoms with Crippen LogP contribution in [0.2, 0.25) is 0 Å². The first-order valence-electron chi connectivity index (χ1n) is 3.80. The van der Waals surface area contributed by atoms with Crippen LogP contribution in [0.4, 0.5) is 4.39 Å². The number of rotatable bonds is 0. The zero-order valence-electron chi connectivity index (χ0n) is 7.50. The molecule has 1 aromatic rings. The van der Waals surface area contributed by atoms with Crippen molar-refractivity contribution >= 4 is 0 Å². The van der Waals surface area contributed by atoms with Crippen molar-refractivity contribution in [2.24, 2.45) is 0 Å². The fraction of sp³-hybridized carbons (Fsp3) is 0.500. The summed E-state index contributed by atoms with van der Waals surface area (Å²) in [5, 5.41) is 0. The van der Waals surface area contributed by atoms with Gasteiger partial charge >= 0.3 is 0 Å². The van der Waals surface area contributed by atoms with Gasteiger partial charge in [0, 0.05) is 0 Å². The van der Waals surface area contributed by atoms with Crippen molar-refractivity contribution in [3.63, 3.8) is 0 Å². The molecule has 0 aliphatic rings. The van der Waals surface area contributed by atoms with Gasteiger partial charge in [-0.15, -0.1) is 0 Å². The van der Waals surface area contributed by atoms with Gasteiger partial charge in [-0.25, -0.2) is 14.4 Å². The number of nitrogens with zero attached hydrogens (tertiary/aromatic N) is 2. The van der Waals surface area contributed by atoms with E-state index < -0.39 is 5.82 Å². The third kappa shape index (κ3) is 9.01. The van der Waals surface area contributed by atoms with Crippen molar-refractivity contribution in [1.29, 1.82) is 0 Å². The maximum atomic E-state index is 11.8. The van der Waals surface area contributed by atoms with Gasteiger partial charge in [-0.3, -0.25) is 0 Å². The van der Waals surface area contributed by atoms with E-state index in [4.69, 9.17) is 0 Å². The van der Waals surface area contributed by atoms with Crippen LogP contribution in [0, 0.1) is 5.82 Å². The highest BCUT2D eigenvalue weighted by molar-refractivity contribution is 4.80. The molecule has 0 radical (unpaired) electrons. The number of hydrogen-bond acceptors (Lipinski definition) is 2. The monoisotopic (exact) mass is 158 g/mol. The van der Waals surface area contributed by atoms with E-state index in [1.54, 1.807) is 0 Å². The minimum atomic E-state index is -0.400. The van der Waals surface area contributed by atoms with Gasteiger partial charge in [-0.1, -0.05) is 27.7 Å². The molecular formula is C8H15FN2. The zero-order valence-corrected chi connectivity index (χ0v) is 7.50. The number of halogens is 1. The SMILES string of the molecule is CC.CC.Fc1cncnc1. The van der Waals surface area contributed by atoms with E-state index in [-0.39, 0.29) is 0 Å². The minimum absolute atomic E-state index is 0.400. The Labute approximate surface area is 67.5 Å². The summed E-state index contributed by atoms with van der Waals surface area (Å²) < 4.78 is 11.8. The zero-order chi connectivity index (χ0) is 9.11. The molecule has 0 aromatic carbocycles. The lowest BCUT2D eigenvalue weighted by molar-refractivity contribution is 0.613. The molecule has 0 amide bonds. The lowest BCUT2D eigenvalue weighted by Gasteiger charge is -1.77. The Morgan fingerprint density at radius 1 is 1.00 bits per heavy atom. The Morgan fingerprint density at radius 3 is 1.55 bits per heavy atom. The summed E-state index contributed by atoms with van der Waals surface area (Å²) >= 11 is 0. The third-order valence-electron chi connectivity index (χ3n) is 0.529. The standard InChI is InChI=1S/C4H3FN2.2C2H6/c5-4-1-6-3-7-2-4;2*1-2/h1-3H;2*1-2H3. The fourth-order valence-corrected chi connectivity index (χ4v) is 0.281. The molecule has 0 saturated heterocycles. The molecule has 64 valence electrons. The smallest absolute Gasteiger partial charge is 0.159 e. The van der Waals surface area contributed by atoms with Crippen LogP contribution in [0.3, 0.4) is 0 Å². The highest BCUT2D eigenvalue weighted by atomic mass is 19.1. The van der Waals surface area contributed by atoms with Crippen LogP contribution in [0.15, 0.2) is 18.7 Å². The molecule has 2 nitrogen and oxygen atoms in total. The lowest BCUT2D eigenvalue weighted by Crippen LogP contribution is -1.76. The summed E-state index contributed by atoms with van der Waals surface area (Å²) in [5.41, 5.74) is 0. The van der Waals surface area contributed by atoms with Crippen LogP contribution >= 0.6 is 0 Å². The second kappa shape index (κ2) is 11.8. The average Bonchev–Trinajstić information content (AvgIpc) is 2.13. The van der Waals surface area contributed by atoms with Crippen molar-refractivity contribution in [2.45, 2.75) is 27.7 Å². The van der Waals surface area contributed by atoms with Gasteiger partial charge in [0.05, 0.1) is 12.4 Å². The quantitative estimate of drug-likeness (QED) is 0.580. The molecular weight excluding hydrogens is 143 g/mol. The van der Waals surface area contributed by atoms with Gasteiger partial charge in [0.2, 0.25) is 0 Å². The highest BCUT2D eigenvalue weighted by Gasteiger charge is 1.79. The van der Waals surface area contributed by atoms with Crippen molar-refractivity contribution in [3.05, 3.63) is 24.5 Å². The molecule has 0 unspecified atom stereocenters. The Bertz CT molecular complexity index is 142. The highest BCUT2D eigenvalue weighted by Crippen LogP contribution is 1.84. The third-order valence-corrected chi connectivity index (χ3v) is 0.529. The van der Waals surface area contributed by atoms with Gasteiger partial charge in [0.1, 0.15) is 6.33 Å². The molecule has 3 heteroatoms. The van der Waals surface area contributed by atoms with Crippen LogP contribution in [-0.4, -0.2) is 9.97 Å². The van der Waals surface area contributed by atoms with E-state index in [9.17, 15) is 4.39 Å². The second-order valence-corrected chi connectivity index (χ2v) is 1.06. The molecule has 0 fully saturated rings. The first-order chi connectivity index (χ1) is 5.39. The first kappa shape index (κ1) is 12.7. The maximum Gasteiger partial charge on any atom is 0.159 e. The van der Waals surface area contributed by atoms with Crippen LogP contribution in [0.1, 0.15) is 27.7 Å². The first-order valence-corrected chi connectivity index (χ1v) is 3.80. The summed E-state index contributed by atoms with van der Waals surface area (Å²) in [6.45, 7) is 8.00. The average molecular weight is 158 g/mol. The number of hydrogen-bond donors (Lipinski definition) is 0. The van der Waals surface area contributed by atoms with Crippen molar-refractivity contribution in [1.82, 2.24) is 9.97 Å². The normalized spacial score (nSPS) is 6.64. The maximum absolute atomic E-state index is 11.8.